The van der Waals surface area contributed by atoms with E-state index in [1.54, 1.807) is 0 Å². The lowest BCUT2D eigenvalue weighted by Gasteiger charge is -2.24. The highest BCUT2D eigenvalue weighted by molar-refractivity contribution is 8.77. The van der Waals surface area contributed by atoms with Crippen LogP contribution in [0.15, 0.2) is 0 Å². The number of carbonyl (C=O) groups excluding carboxylic acids is 1. The van der Waals surface area contributed by atoms with Crippen LogP contribution >= 0.6 is 21.6 Å². The van der Waals surface area contributed by atoms with E-state index in [1.165, 1.54) is 18.6 Å². The number of hydrogen-bond acceptors (Lipinski definition) is 4. The van der Waals surface area contributed by atoms with Crippen molar-refractivity contribution in [2.45, 2.75) is 76.6 Å². The molecule has 0 aromatic rings. The Balaban J connectivity index is 2.12. The van der Waals surface area contributed by atoms with Crippen molar-refractivity contribution in [3.05, 3.63) is 0 Å². The molecule has 1 aliphatic rings. The summed E-state index contributed by atoms with van der Waals surface area (Å²) in [6, 6.07) is 0. The van der Waals surface area contributed by atoms with Gasteiger partial charge < -0.3 is 4.74 Å². The first-order valence-corrected chi connectivity index (χ1v) is 9.21. The Hall–Kier alpha value is 0.170. The Morgan fingerprint density at radius 1 is 1.39 bits per heavy atom. The Labute approximate surface area is 119 Å². The molecule has 106 valence electrons. The predicted molar refractivity (Wildman–Crippen MR) is 82.0 cm³/mol. The van der Waals surface area contributed by atoms with Crippen LogP contribution in [-0.4, -0.2) is 22.1 Å². The fourth-order valence-electron chi connectivity index (χ4n) is 1.85. The van der Waals surface area contributed by atoms with Crippen LogP contribution < -0.4 is 0 Å². The predicted octanol–water partition coefficient (Wildman–Crippen LogP) is 4.82. The monoisotopic (exact) mass is 290 g/mol. The van der Waals surface area contributed by atoms with Gasteiger partial charge in [-0.3, -0.25) is 4.79 Å². The number of esters is 1. The fraction of sp³-hybridized carbons (Fsp3) is 0.929. The summed E-state index contributed by atoms with van der Waals surface area (Å²) in [6.45, 7) is 8.33. The zero-order valence-electron chi connectivity index (χ0n) is 12.1. The number of carbonyl (C=O) groups is 1. The first kappa shape index (κ1) is 16.2. The third-order valence-electron chi connectivity index (χ3n) is 3.55. The zero-order valence-corrected chi connectivity index (χ0v) is 13.7. The maximum absolute atomic E-state index is 11.7. The molecule has 0 aromatic carbocycles. The second-order valence-electron chi connectivity index (χ2n) is 5.90. The summed E-state index contributed by atoms with van der Waals surface area (Å²) >= 11 is 0. The van der Waals surface area contributed by atoms with Crippen LogP contribution in [0, 0.1) is 0 Å². The highest BCUT2D eigenvalue weighted by atomic mass is 33.1. The third kappa shape index (κ3) is 5.87. The van der Waals surface area contributed by atoms with Gasteiger partial charge in [-0.25, -0.2) is 0 Å². The van der Waals surface area contributed by atoms with Crippen molar-refractivity contribution in [3.63, 3.8) is 0 Å². The maximum atomic E-state index is 11.7. The summed E-state index contributed by atoms with van der Waals surface area (Å²) in [7, 11) is 4.00. The summed E-state index contributed by atoms with van der Waals surface area (Å²) in [5, 5.41) is 0. The van der Waals surface area contributed by atoms with E-state index >= 15 is 0 Å². The van der Waals surface area contributed by atoms with Gasteiger partial charge in [0.2, 0.25) is 0 Å². The first-order valence-electron chi connectivity index (χ1n) is 6.89. The SMILES string of the molecule is CCC(C)(C)OC(=O)CCCC[C@]1(C)CCSS1. The molecule has 1 rings (SSSR count). The van der Waals surface area contributed by atoms with Gasteiger partial charge in [0, 0.05) is 16.9 Å². The van der Waals surface area contributed by atoms with Crippen molar-refractivity contribution in [1.82, 2.24) is 0 Å². The number of ether oxygens (including phenoxy) is 1. The van der Waals surface area contributed by atoms with Crippen molar-refractivity contribution in [3.8, 4) is 0 Å². The second-order valence-corrected chi connectivity index (χ2v) is 8.90. The molecule has 0 amide bonds. The summed E-state index contributed by atoms with van der Waals surface area (Å²) < 4.78 is 5.88. The van der Waals surface area contributed by atoms with Crippen LogP contribution in [-0.2, 0) is 9.53 Å². The van der Waals surface area contributed by atoms with Crippen molar-refractivity contribution in [1.29, 1.82) is 0 Å². The van der Waals surface area contributed by atoms with Crippen molar-refractivity contribution in [2.24, 2.45) is 0 Å². The molecule has 0 unspecified atom stereocenters. The molecule has 1 fully saturated rings. The van der Waals surface area contributed by atoms with Crippen LogP contribution in [0.1, 0.15) is 66.2 Å². The molecule has 0 aromatic heterocycles. The molecule has 4 heteroatoms. The smallest absolute Gasteiger partial charge is 0.306 e. The molecule has 0 saturated carbocycles. The molecule has 18 heavy (non-hydrogen) atoms. The lowest BCUT2D eigenvalue weighted by Crippen LogP contribution is -2.26. The van der Waals surface area contributed by atoms with E-state index in [-0.39, 0.29) is 11.6 Å². The summed E-state index contributed by atoms with van der Waals surface area (Å²) in [6.07, 6.45) is 6.04. The highest BCUT2D eigenvalue weighted by Gasteiger charge is 2.29. The molecule has 0 N–H and O–H groups in total. The Bertz CT molecular complexity index is 271. The average molecular weight is 290 g/mol. The number of unbranched alkanes of at least 4 members (excludes halogenated alkanes) is 1. The zero-order chi connectivity index (χ0) is 13.6. The molecular weight excluding hydrogens is 264 g/mol. The lowest BCUT2D eigenvalue weighted by atomic mass is 9.99. The van der Waals surface area contributed by atoms with Crippen molar-refractivity contribution in [2.75, 3.05) is 5.75 Å². The molecule has 0 radical (unpaired) electrons. The van der Waals surface area contributed by atoms with Gasteiger partial charge in [-0.05, 0) is 46.5 Å². The molecule has 1 aliphatic heterocycles. The standard InChI is InChI=1S/C14H26O2S2/c1-5-13(2,3)16-12(15)8-6-7-9-14(4)10-11-17-18-14/h5-11H2,1-4H3/t14-/m1/s1. The summed E-state index contributed by atoms with van der Waals surface area (Å²) in [5.74, 6) is 1.23. The van der Waals surface area contributed by atoms with E-state index in [4.69, 9.17) is 4.74 Å². The van der Waals surface area contributed by atoms with Crippen molar-refractivity contribution < 1.29 is 9.53 Å². The van der Waals surface area contributed by atoms with Gasteiger partial charge in [-0.15, -0.1) is 0 Å². The molecule has 1 atom stereocenters. The minimum Gasteiger partial charge on any atom is -0.460 e. The quantitative estimate of drug-likeness (QED) is 0.381. The van der Waals surface area contributed by atoms with Gasteiger partial charge in [0.1, 0.15) is 5.60 Å². The number of rotatable bonds is 7. The molecule has 2 nitrogen and oxygen atoms in total. The van der Waals surface area contributed by atoms with Crippen LogP contribution in [0.4, 0.5) is 0 Å². The minimum absolute atomic E-state index is 0.0412. The number of hydrogen-bond donors (Lipinski definition) is 0. The van der Waals surface area contributed by atoms with Crippen LogP contribution in [0.2, 0.25) is 0 Å². The fourth-order valence-corrected chi connectivity index (χ4v) is 5.15. The van der Waals surface area contributed by atoms with Gasteiger partial charge in [-0.1, -0.05) is 34.9 Å². The van der Waals surface area contributed by atoms with Gasteiger partial charge in [0.15, 0.2) is 0 Å². The second kappa shape index (κ2) is 7.09. The molecule has 0 bridgehead atoms. The third-order valence-corrected chi connectivity index (χ3v) is 6.91. The first-order chi connectivity index (χ1) is 8.37. The Kier molecular flexibility index (Phi) is 6.39. The van der Waals surface area contributed by atoms with E-state index < -0.39 is 0 Å². The van der Waals surface area contributed by atoms with E-state index in [2.05, 4.69) is 6.92 Å². The van der Waals surface area contributed by atoms with Crippen LogP contribution in [0.3, 0.4) is 0 Å². The Morgan fingerprint density at radius 3 is 2.67 bits per heavy atom. The van der Waals surface area contributed by atoms with E-state index in [0.29, 0.717) is 11.2 Å². The van der Waals surface area contributed by atoms with Gasteiger partial charge in [0.25, 0.3) is 0 Å². The Morgan fingerprint density at radius 2 is 2.11 bits per heavy atom. The minimum atomic E-state index is -0.305. The van der Waals surface area contributed by atoms with E-state index in [0.717, 1.165) is 19.3 Å². The van der Waals surface area contributed by atoms with Gasteiger partial charge in [0.05, 0.1) is 0 Å². The molecule has 1 saturated heterocycles. The van der Waals surface area contributed by atoms with Crippen LogP contribution in [0.25, 0.3) is 0 Å². The molecule has 0 aliphatic carbocycles. The normalized spacial score (nSPS) is 24.2. The molecule has 1 heterocycles. The summed E-state index contributed by atoms with van der Waals surface area (Å²) in [4.78, 5) is 11.7. The topological polar surface area (TPSA) is 26.3 Å². The van der Waals surface area contributed by atoms with E-state index in [1.807, 2.05) is 42.4 Å². The molecular formula is C14H26O2S2. The maximum Gasteiger partial charge on any atom is 0.306 e. The summed E-state index contributed by atoms with van der Waals surface area (Å²) in [5.41, 5.74) is -0.305. The van der Waals surface area contributed by atoms with Crippen LogP contribution in [0.5, 0.6) is 0 Å². The van der Waals surface area contributed by atoms with Gasteiger partial charge >= 0.3 is 5.97 Å². The van der Waals surface area contributed by atoms with Crippen molar-refractivity contribution >= 4 is 27.6 Å². The largest absolute Gasteiger partial charge is 0.460 e. The van der Waals surface area contributed by atoms with E-state index in [9.17, 15) is 4.79 Å². The van der Waals surface area contributed by atoms with Gasteiger partial charge in [-0.2, -0.15) is 0 Å². The lowest BCUT2D eigenvalue weighted by molar-refractivity contribution is -0.156. The highest BCUT2D eigenvalue weighted by Crippen LogP contribution is 2.49. The average Bonchev–Trinajstić information content (AvgIpc) is 2.72. The molecule has 0 spiro atoms.